The fraction of sp³-hybridized carbons (Fsp3) is 0.385. The van der Waals surface area contributed by atoms with E-state index in [-0.39, 0.29) is 11.6 Å². The molecular weight excluding hydrogens is 232 g/mol. The van der Waals surface area contributed by atoms with E-state index >= 15 is 0 Å². The van der Waals surface area contributed by atoms with Crippen LogP contribution in [-0.4, -0.2) is 29.7 Å². The van der Waals surface area contributed by atoms with Crippen molar-refractivity contribution in [1.82, 2.24) is 5.32 Å². The van der Waals surface area contributed by atoms with E-state index in [1.807, 2.05) is 0 Å². The average Bonchev–Trinajstić information content (AvgIpc) is 3.05. The summed E-state index contributed by atoms with van der Waals surface area (Å²) in [5.74, 6) is -0.932. The number of carboxylic acids is 1. The van der Waals surface area contributed by atoms with Crippen molar-refractivity contribution in [2.75, 3.05) is 11.4 Å². The first-order chi connectivity index (χ1) is 8.65. The van der Waals surface area contributed by atoms with Crippen LogP contribution in [0.1, 0.15) is 28.8 Å². The monoisotopic (exact) mass is 246 g/mol. The predicted octanol–water partition coefficient (Wildman–Crippen LogP) is 1.62. The molecule has 2 aliphatic rings. The maximum atomic E-state index is 12.0. The molecule has 2 amide bonds. The van der Waals surface area contributed by atoms with E-state index in [1.165, 1.54) is 0 Å². The number of fused-ring (bicyclic) bond motifs is 1. The molecule has 0 unspecified atom stereocenters. The van der Waals surface area contributed by atoms with E-state index in [0.29, 0.717) is 19.0 Å². The lowest BCUT2D eigenvalue weighted by Crippen LogP contribution is -2.40. The third-order valence-electron chi connectivity index (χ3n) is 3.37. The largest absolute Gasteiger partial charge is 0.478 e. The highest BCUT2D eigenvalue weighted by atomic mass is 16.4. The first-order valence-electron chi connectivity index (χ1n) is 6.09. The van der Waals surface area contributed by atoms with Gasteiger partial charge in [0.2, 0.25) is 0 Å². The Hall–Kier alpha value is -2.04. The summed E-state index contributed by atoms with van der Waals surface area (Å²) in [4.78, 5) is 24.5. The summed E-state index contributed by atoms with van der Waals surface area (Å²) in [5, 5.41) is 11.9. The third-order valence-corrected chi connectivity index (χ3v) is 3.37. The zero-order valence-corrected chi connectivity index (χ0v) is 9.85. The summed E-state index contributed by atoms with van der Waals surface area (Å²) < 4.78 is 0. The molecule has 0 bridgehead atoms. The SMILES string of the molecule is O=C(O)c1ccc2c(c1)CCN2C(=O)NC1CC1. The fourth-order valence-electron chi connectivity index (χ4n) is 2.23. The molecule has 1 aliphatic heterocycles. The molecule has 0 saturated heterocycles. The van der Waals surface area contributed by atoms with E-state index < -0.39 is 5.97 Å². The molecule has 94 valence electrons. The van der Waals surface area contributed by atoms with Gasteiger partial charge in [-0.05, 0) is 43.0 Å². The van der Waals surface area contributed by atoms with Crippen molar-refractivity contribution in [3.63, 3.8) is 0 Å². The van der Waals surface area contributed by atoms with Gasteiger partial charge in [-0.3, -0.25) is 4.90 Å². The normalized spacial score (nSPS) is 17.4. The number of nitrogens with one attached hydrogen (secondary N) is 1. The van der Waals surface area contributed by atoms with Crippen molar-refractivity contribution < 1.29 is 14.7 Å². The van der Waals surface area contributed by atoms with Crippen LogP contribution in [-0.2, 0) is 6.42 Å². The molecule has 3 rings (SSSR count). The van der Waals surface area contributed by atoms with E-state index in [1.54, 1.807) is 23.1 Å². The van der Waals surface area contributed by atoms with Gasteiger partial charge >= 0.3 is 12.0 Å². The molecule has 1 aromatic carbocycles. The van der Waals surface area contributed by atoms with Crippen molar-refractivity contribution in [1.29, 1.82) is 0 Å². The van der Waals surface area contributed by atoms with E-state index in [0.717, 1.165) is 24.1 Å². The van der Waals surface area contributed by atoms with Gasteiger partial charge in [0, 0.05) is 18.3 Å². The first-order valence-corrected chi connectivity index (χ1v) is 6.09. The molecule has 1 aromatic rings. The summed E-state index contributed by atoms with van der Waals surface area (Å²) in [6.45, 7) is 0.622. The van der Waals surface area contributed by atoms with Crippen LogP contribution in [0.25, 0.3) is 0 Å². The molecule has 1 heterocycles. The number of rotatable bonds is 2. The number of anilines is 1. The molecule has 1 fully saturated rings. The maximum absolute atomic E-state index is 12.0. The molecule has 1 saturated carbocycles. The Bertz CT molecular complexity index is 523. The summed E-state index contributed by atoms with van der Waals surface area (Å²) in [7, 11) is 0. The van der Waals surface area contributed by atoms with E-state index in [2.05, 4.69) is 5.32 Å². The summed E-state index contributed by atoms with van der Waals surface area (Å²) in [5.41, 5.74) is 2.04. The van der Waals surface area contributed by atoms with Crippen molar-refractivity contribution in [3.8, 4) is 0 Å². The summed E-state index contributed by atoms with van der Waals surface area (Å²) in [6, 6.07) is 5.18. The minimum atomic E-state index is -0.932. The summed E-state index contributed by atoms with van der Waals surface area (Å²) >= 11 is 0. The van der Waals surface area contributed by atoms with Crippen molar-refractivity contribution >= 4 is 17.7 Å². The van der Waals surface area contributed by atoms with Crippen LogP contribution in [0.15, 0.2) is 18.2 Å². The second-order valence-electron chi connectivity index (χ2n) is 4.77. The van der Waals surface area contributed by atoms with Crippen molar-refractivity contribution in [3.05, 3.63) is 29.3 Å². The lowest BCUT2D eigenvalue weighted by molar-refractivity contribution is 0.0697. The Morgan fingerprint density at radius 2 is 2.11 bits per heavy atom. The average molecular weight is 246 g/mol. The number of urea groups is 1. The predicted molar refractivity (Wildman–Crippen MR) is 66.0 cm³/mol. The number of benzene rings is 1. The zero-order valence-electron chi connectivity index (χ0n) is 9.85. The van der Waals surface area contributed by atoms with Crippen molar-refractivity contribution in [2.24, 2.45) is 0 Å². The molecule has 0 atom stereocenters. The lowest BCUT2D eigenvalue weighted by atomic mass is 10.1. The number of amides is 2. The van der Waals surface area contributed by atoms with Crippen molar-refractivity contribution in [2.45, 2.75) is 25.3 Å². The van der Waals surface area contributed by atoms with Gasteiger partial charge in [-0.2, -0.15) is 0 Å². The minimum Gasteiger partial charge on any atom is -0.478 e. The smallest absolute Gasteiger partial charge is 0.335 e. The van der Waals surface area contributed by atoms with Crippen LogP contribution >= 0.6 is 0 Å². The summed E-state index contributed by atoms with van der Waals surface area (Å²) in [6.07, 6.45) is 2.84. The molecule has 0 spiro atoms. The van der Waals surface area contributed by atoms with E-state index in [4.69, 9.17) is 5.11 Å². The van der Waals surface area contributed by atoms with Gasteiger partial charge in [0.1, 0.15) is 0 Å². The Morgan fingerprint density at radius 3 is 2.78 bits per heavy atom. The van der Waals surface area contributed by atoms with Gasteiger partial charge in [0.05, 0.1) is 5.56 Å². The lowest BCUT2D eigenvalue weighted by Gasteiger charge is -2.17. The molecule has 1 aliphatic carbocycles. The molecule has 0 aromatic heterocycles. The van der Waals surface area contributed by atoms with Crippen LogP contribution < -0.4 is 10.2 Å². The highest BCUT2D eigenvalue weighted by Crippen LogP contribution is 2.29. The maximum Gasteiger partial charge on any atom is 0.335 e. The number of carbonyl (C=O) groups is 2. The van der Waals surface area contributed by atoms with Gasteiger partial charge in [-0.1, -0.05) is 0 Å². The number of aromatic carboxylic acids is 1. The second kappa shape index (κ2) is 4.01. The van der Waals surface area contributed by atoms with Crippen LogP contribution in [0.3, 0.4) is 0 Å². The van der Waals surface area contributed by atoms with E-state index in [9.17, 15) is 9.59 Å². The topological polar surface area (TPSA) is 69.6 Å². The van der Waals surface area contributed by atoms with Crippen LogP contribution in [0, 0.1) is 0 Å². The molecule has 2 N–H and O–H groups in total. The standard InChI is InChI=1S/C13H14N2O3/c16-12(17)9-1-4-11-8(7-9)5-6-15(11)13(18)14-10-2-3-10/h1,4,7,10H,2-3,5-6H2,(H,14,18)(H,16,17). The third kappa shape index (κ3) is 1.92. The van der Waals surface area contributed by atoms with Crippen LogP contribution in [0.2, 0.25) is 0 Å². The van der Waals surface area contributed by atoms with Crippen LogP contribution in [0.5, 0.6) is 0 Å². The Balaban J connectivity index is 1.82. The molecule has 0 radical (unpaired) electrons. The Morgan fingerprint density at radius 1 is 1.33 bits per heavy atom. The zero-order chi connectivity index (χ0) is 12.7. The fourth-order valence-corrected chi connectivity index (χ4v) is 2.23. The minimum absolute atomic E-state index is 0.0701. The van der Waals surface area contributed by atoms with Gasteiger partial charge in [-0.15, -0.1) is 0 Å². The van der Waals surface area contributed by atoms with Crippen LogP contribution in [0.4, 0.5) is 10.5 Å². The molecule has 5 nitrogen and oxygen atoms in total. The highest BCUT2D eigenvalue weighted by molar-refractivity contribution is 5.96. The number of hydrogen-bond acceptors (Lipinski definition) is 2. The number of carbonyl (C=O) groups excluding carboxylic acids is 1. The Kier molecular flexibility index (Phi) is 2.47. The molecule has 5 heteroatoms. The first kappa shape index (κ1) is 11.1. The Labute approximate surface area is 104 Å². The number of nitrogens with zero attached hydrogens (tertiary/aromatic N) is 1. The van der Waals surface area contributed by atoms with Gasteiger partial charge in [0.15, 0.2) is 0 Å². The highest BCUT2D eigenvalue weighted by Gasteiger charge is 2.30. The molecular formula is C13H14N2O3. The van der Waals surface area contributed by atoms with Gasteiger partial charge in [0.25, 0.3) is 0 Å². The number of hydrogen-bond donors (Lipinski definition) is 2. The van der Waals surface area contributed by atoms with Gasteiger partial charge in [-0.25, -0.2) is 9.59 Å². The molecule has 18 heavy (non-hydrogen) atoms. The van der Waals surface area contributed by atoms with Gasteiger partial charge < -0.3 is 10.4 Å². The number of carboxylic acid groups (broad SMARTS) is 1. The second-order valence-corrected chi connectivity index (χ2v) is 4.77. The quantitative estimate of drug-likeness (QED) is 0.833.